The highest BCUT2D eigenvalue weighted by molar-refractivity contribution is 5.84. The minimum atomic E-state index is 0.0638. The van der Waals surface area contributed by atoms with Crippen molar-refractivity contribution in [2.45, 2.75) is 57.5 Å². The quantitative estimate of drug-likeness (QED) is 0.683. The van der Waals surface area contributed by atoms with Crippen molar-refractivity contribution in [2.24, 2.45) is 5.92 Å². The second kappa shape index (κ2) is 6.53. The summed E-state index contributed by atoms with van der Waals surface area (Å²) in [6.45, 7) is 4.11. The molecule has 0 aromatic rings. The van der Waals surface area contributed by atoms with Crippen LogP contribution in [-0.2, 0) is 4.79 Å². The van der Waals surface area contributed by atoms with E-state index in [4.69, 9.17) is 5.11 Å². The number of rotatable bonds is 8. The summed E-state index contributed by atoms with van der Waals surface area (Å²) < 4.78 is 0. The van der Waals surface area contributed by atoms with Crippen LogP contribution in [0.5, 0.6) is 0 Å². The van der Waals surface area contributed by atoms with E-state index >= 15 is 0 Å². The van der Waals surface area contributed by atoms with Crippen LogP contribution in [0.15, 0.2) is 0 Å². The number of aliphatic hydroxyl groups excluding tert-OH is 1. The van der Waals surface area contributed by atoms with Crippen molar-refractivity contribution < 1.29 is 9.90 Å². The fourth-order valence-electron chi connectivity index (χ4n) is 2.84. The van der Waals surface area contributed by atoms with Crippen LogP contribution in [-0.4, -0.2) is 47.7 Å². The topological polar surface area (TPSA) is 52.6 Å². The Balaban J connectivity index is 1.79. The van der Waals surface area contributed by atoms with E-state index in [0.29, 0.717) is 12.0 Å². The maximum Gasteiger partial charge on any atom is 0.239 e. The first kappa shape index (κ1) is 13.8. The number of aliphatic hydroxyl groups is 1. The molecule has 0 bridgehead atoms. The van der Waals surface area contributed by atoms with Gasteiger partial charge in [-0.05, 0) is 38.0 Å². The van der Waals surface area contributed by atoms with Crippen LogP contribution in [0.1, 0.15) is 45.4 Å². The van der Waals surface area contributed by atoms with Gasteiger partial charge in [-0.2, -0.15) is 0 Å². The third kappa shape index (κ3) is 3.69. The Kier molecular flexibility index (Phi) is 5.01. The summed E-state index contributed by atoms with van der Waals surface area (Å²) in [5, 5.41) is 12.5. The Morgan fingerprint density at radius 3 is 2.78 bits per heavy atom. The molecule has 1 aliphatic heterocycles. The minimum Gasteiger partial charge on any atom is -0.396 e. The molecule has 2 aliphatic rings. The van der Waals surface area contributed by atoms with Crippen molar-refractivity contribution in [3.05, 3.63) is 0 Å². The lowest BCUT2D eigenvalue weighted by atomic mass is 10.00. The summed E-state index contributed by atoms with van der Waals surface area (Å²) in [4.78, 5) is 14.2. The van der Waals surface area contributed by atoms with E-state index in [9.17, 15) is 4.79 Å². The highest BCUT2D eigenvalue weighted by atomic mass is 16.3. The second-order valence-corrected chi connectivity index (χ2v) is 5.73. The molecule has 2 atom stereocenters. The van der Waals surface area contributed by atoms with Crippen molar-refractivity contribution in [3.63, 3.8) is 0 Å². The Morgan fingerprint density at radius 2 is 2.17 bits per heavy atom. The van der Waals surface area contributed by atoms with Gasteiger partial charge in [0.15, 0.2) is 0 Å². The third-order valence-corrected chi connectivity index (χ3v) is 4.02. The minimum absolute atomic E-state index is 0.0638. The van der Waals surface area contributed by atoms with Gasteiger partial charge in [-0.25, -0.2) is 0 Å². The van der Waals surface area contributed by atoms with Crippen LogP contribution >= 0.6 is 0 Å². The summed E-state index contributed by atoms with van der Waals surface area (Å²) in [6.07, 6.45) is 6.45. The van der Waals surface area contributed by atoms with Gasteiger partial charge < -0.3 is 15.3 Å². The molecule has 2 N–H and O–H groups in total. The standard InChI is InChI=1S/C14H26N2O2/c1-2-3-11(7-9-17)10-16-8-6-13(14(16)18)15-12-4-5-12/h11-13,15,17H,2-10H2,1H3. The van der Waals surface area contributed by atoms with E-state index in [1.54, 1.807) is 0 Å². The summed E-state index contributed by atoms with van der Waals surface area (Å²) in [5.41, 5.74) is 0. The van der Waals surface area contributed by atoms with Crippen LogP contribution in [0.4, 0.5) is 0 Å². The predicted molar refractivity (Wildman–Crippen MR) is 71.2 cm³/mol. The predicted octanol–water partition coefficient (Wildman–Crippen LogP) is 1.14. The molecule has 4 heteroatoms. The first-order valence-corrected chi connectivity index (χ1v) is 7.40. The number of carbonyl (C=O) groups is 1. The molecule has 0 aromatic heterocycles. The van der Waals surface area contributed by atoms with Gasteiger partial charge in [0.25, 0.3) is 0 Å². The van der Waals surface area contributed by atoms with Crippen molar-refractivity contribution in [1.82, 2.24) is 10.2 Å². The van der Waals surface area contributed by atoms with Gasteiger partial charge in [0, 0.05) is 25.7 Å². The Hall–Kier alpha value is -0.610. The van der Waals surface area contributed by atoms with Gasteiger partial charge in [-0.15, -0.1) is 0 Å². The molecule has 0 radical (unpaired) electrons. The number of amides is 1. The first-order valence-electron chi connectivity index (χ1n) is 7.40. The van der Waals surface area contributed by atoms with E-state index in [1.165, 1.54) is 12.8 Å². The zero-order chi connectivity index (χ0) is 13.0. The zero-order valence-electron chi connectivity index (χ0n) is 11.4. The number of hydrogen-bond acceptors (Lipinski definition) is 3. The van der Waals surface area contributed by atoms with Crippen LogP contribution in [0.25, 0.3) is 0 Å². The fourth-order valence-corrected chi connectivity index (χ4v) is 2.84. The number of nitrogens with zero attached hydrogens (tertiary/aromatic N) is 1. The van der Waals surface area contributed by atoms with E-state index < -0.39 is 0 Å². The molecule has 1 aliphatic carbocycles. The number of carbonyl (C=O) groups excluding carboxylic acids is 1. The molecule has 4 nitrogen and oxygen atoms in total. The molecule has 1 heterocycles. The van der Waals surface area contributed by atoms with Crippen LogP contribution in [0.3, 0.4) is 0 Å². The number of hydrogen-bond donors (Lipinski definition) is 2. The van der Waals surface area contributed by atoms with E-state index in [1.807, 2.05) is 4.90 Å². The Bertz CT molecular complexity index is 273. The third-order valence-electron chi connectivity index (χ3n) is 4.02. The molecule has 2 rings (SSSR count). The highest BCUT2D eigenvalue weighted by Crippen LogP contribution is 2.23. The van der Waals surface area contributed by atoms with Crippen molar-refractivity contribution >= 4 is 5.91 Å². The lowest BCUT2D eigenvalue weighted by Gasteiger charge is -2.23. The van der Waals surface area contributed by atoms with Crippen molar-refractivity contribution in [1.29, 1.82) is 0 Å². The van der Waals surface area contributed by atoms with E-state index in [-0.39, 0.29) is 18.6 Å². The average molecular weight is 254 g/mol. The van der Waals surface area contributed by atoms with Crippen molar-refractivity contribution in [3.8, 4) is 0 Å². The fraction of sp³-hybridized carbons (Fsp3) is 0.929. The lowest BCUT2D eigenvalue weighted by Crippen LogP contribution is -2.40. The maximum atomic E-state index is 12.2. The number of likely N-dealkylation sites (tertiary alicyclic amines) is 1. The second-order valence-electron chi connectivity index (χ2n) is 5.73. The van der Waals surface area contributed by atoms with Crippen molar-refractivity contribution in [2.75, 3.05) is 19.7 Å². The lowest BCUT2D eigenvalue weighted by molar-refractivity contribution is -0.130. The van der Waals surface area contributed by atoms with Gasteiger partial charge in [-0.1, -0.05) is 13.3 Å². The Morgan fingerprint density at radius 1 is 1.39 bits per heavy atom. The largest absolute Gasteiger partial charge is 0.396 e. The SMILES string of the molecule is CCCC(CCO)CN1CCC(NC2CC2)C1=O. The molecule has 0 spiro atoms. The van der Waals surface area contributed by atoms with Gasteiger partial charge >= 0.3 is 0 Å². The highest BCUT2D eigenvalue weighted by Gasteiger charge is 2.35. The zero-order valence-corrected chi connectivity index (χ0v) is 11.4. The molecular weight excluding hydrogens is 228 g/mol. The summed E-state index contributed by atoms with van der Waals surface area (Å²) in [6, 6.07) is 0.664. The van der Waals surface area contributed by atoms with E-state index in [2.05, 4.69) is 12.2 Å². The molecular formula is C14H26N2O2. The van der Waals surface area contributed by atoms with Gasteiger partial charge in [0.2, 0.25) is 5.91 Å². The van der Waals surface area contributed by atoms with Gasteiger partial charge in [-0.3, -0.25) is 4.79 Å². The molecule has 0 aromatic carbocycles. The summed E-state index contributed by atoms with van der Waals surface area (Å²) >= 11 is 0. The molecule has 2 fully saturated rings. The average Bonchev–Trinajstić information content (AvgIpc) is 3.10. The molecule has 2 unspecified atom stereocenters. The van der Waals surface area contributed by atoms with Crippen LogP contribution in [0, 0.1) is 5.92 Å². The van der Waals surface area contributed by atoms with E-state index in [0.717, 1.165) is 38.8 Å². The summed E-state index contributed by atoms with van der Waals surface area (Å²) in [5.74, 6) is 0.740. The monoisotopic (exact) mass is 254 g/mol. The molecule has 1 amide bonds. The molecule has 18 heavy (non-hydrogen) atoms. The summed E-state index contributed by atoms with van der Waals surface area (Å²) in [7, 11) is 0. The smallest absolute Gasteiger partial charge is 0.239 e. The number of nitrogens with one attached hydrogen (secondary N) is 1. The van der Waals surface area contributed by atoms with Crippen LogP contribution < -0.4 is 5.32 Å². The van der Waals surface area contributed by atoms with Crippen LogP contribution in [0.2, 0.25) is 0 Å². The molecule has 104 valence electrons. The maximum absolute atomic E-state index is 12.2. The molecule has 1 saturated carbocycles. The first-order chi connectivity index (χ1) is 8.74. The Labute approximate surface area is 110 Å². The molecule has 1 saturated heterocycles. The van der Waals surface area contributed by atoms with Gasteiger partial charge in [0.05, 0.1) is 6.04 Å². The van der Waals surface area contributed by atoms with Gasteiger partial charge in [0.1, 0.15) is 0 Å². The normalized spacial score (nSPS) is 25.8.